The summed E-state index contributed by atoms with van der Waals surface area (Å²) >= 11 is 0. The van der Waals surface area contributed by atoms with E-state index in [0.29, 0.717) is 5.92 Å². The van der Waals surface area contributed by atoms with Crippen molar-refractivity contribution in [2.24, 2.45) is 11.8 Å². The number of carboxylic acids is 1. The Balaban J connectivity index is 2.52. The van der Waals surface area contributed by atoms with Gasteiger partial charge in [-0.25, -0.2) is 0 Å². The fourth-order valence-corrected chi connectivity index (χ4v) is 2.19. The SMILES string of the molecule is CC(C)CC(C(=O)O)N1CCC(C)CC1. The van der Waals surface area contributed by atoms with E-state index in [1.165, 1.54) is 0 Å². The van der Waals surface area contributed by atoms with Crippen LogP contribution in [0.25, 0.3) is 0 Å². The van der Waals surface area contributed by atoms with E-state index >= 15 is 0 Å². The summed E-state index contributed by atoms with van der Waals surface area (Å²) in [5, 5.41) is 9.20. The number of nitrogens with zero attached hydrogens (tertiary/aromatic N) is 1. The van der Waals surface area contributed by atoms with Crippen molar-refractivity contribution < 1.29 is 9.90 Å². The second-order valence-electron chi connectivity index (χ2n) is 5.20. The zero-order chi connectivity index (χ0) is 11.4. The molecule has 1 unspecified atom stereocenters. The van der Waals surface area contributed by atoms with Crippen molar-refractivity contribution in [1.82, 2.24) is 4.90 Å². The van der Waals surface area contributed by atoms with E-state index in [2.05, 4.69) is 25.7 Å². The van der Waals surface area contributed by atoms with Gasteiger partial charge >= 0.3 is 5.97 Å². The quantitative estimate of drug-likeness (QED) is 0.778. The summed E-state index contributed by atoms with van der Waals surface area (Å²) in [6.45, 7) is 8.32. The summed E-state index contributed by atoms with van der Waals surface area (Å²) in [4.78, 5) is 13.3. The Morgan fingerprint density at radius 2 is 1.93 bits per heavy atom. The van der Waals surface area contributed by atoms with Crippen LogP contribution in [0.5, 0.6) is 0 Å². The van der Waals surface area contributed by atoms with E-state index < -0.39 is 5.97 Å². The van der Waals surface area contributed by atoms with Crippen LogP contribution in [0.2, 0.25) is 0 Å². The summed E-state index contributed by atoms with van der Waals surface area (Å²) in [5.41, 5.74) is 0. The molecule has 0 saturated carbocycles. The molecule has 0 aliphatic carbocycles. The molecule has 1 atom stereocenters. The van der Waals surface area contributed by atoms with Crippen LogP contribution in [0, 0.1) is 11.8 Å². The Bertz CT molecular complexity index is 208. The first kappa shape index (κ1) is 12.5. The minimum atomic E-state index is -0.654. The molecule has 1 fully saturated rings. The van der Waals surface area contributed by atoms with Gasteiger partial charge in [-0.15, -0.1) is 0 Å². The van der Waals surface area contributed by atoms with Crippen LogP contribution in [-0.2, 0) is 4.79 Å². The number of carboxylic acid groups (broad SMARTS) is 1. The largest absolute Gasteiger partial charge is 0.480 e. The van der Waals surface area contributed by atoms with Gasteiger partial charge in [-0.3, -0.25) is 9.69 Å². The average Bonchev–Trinajstić information content (AvgIpc) is 2.15. The van der Waals surface area contributed by atoms with Gasteiger partial charge in [-0.1, -0.05) is 20.8 Å². The molecule has 88 valence electrons. The van der Waals surface area contributed by atoms with E-state index in [0.717, 1.165) is 38.3 Å². The van der Waals surface area contributed by atoms with Gasteiger partial charge in [0, 0.05) is 0 Å². The number of likely N-dealkylation sites (tertiary alicyclic amines) is 1. The maximum absolute atomic E-state index is 11.2. The summed E-state index contributed by atoms with van der Waals surface area (Å²) in [5.74, 6) is 0.554. The molecule has 1 aliphatic rings. The number of piperidine rings is 1. The van der Waals surface area contributed by atoms with E-state index in [-0.39, 0.29) is 6.04 Å². The third-order valence-electron chi connectivity index (χ3n) is 3.24. The highest BCUT2D eigenvalue weighted by Crippen LogP contribution is 2.21. The molecule has 0 spiro atoms. The molecule has 0 bridgehead atoms. The second kappa shape index (κ2) is 5.50. The fraction of sp³-hybridized carbons (Fsp3) is 0.917. The second-order valence-corrected chi connectivity index (χ2v) is 5.20. The first-order valence-electron chi connectivity index (χ1n) is 5.97. The first-order chi connectivity index (χ1) is 7.00. The standard InChI is InChI=1S/C12H23NO2/c1-9(2)8-11(12(14)15)13-6-4-10(3)5-7-13/h9-11H,4-8H2,1-3H3,(H,14,15). The lowest BCUT2D eigenvalue weighted by Crippen LogP contribution is -2.46. The lowest BCUT2D eigenvalue weighted by Gasteiger charge is -2.35. The topological polar surface area (TPSA) is 40.5 Å². The van der Waals surface area contributed by atoms with Crippen LogP contribution in [0.3, 0.4) is 0 Å². The molecule has 3 nitrogen and oxygen atoms in total. The number of hydrogen-bond acceptors (Lipinski definition) is 2. The molecule has 1 rings (SSSR count). The molecule has 0 aromatic heterocycles. The Kier molecular flexibility index (Phi) is 4.58. The minimum absolute atomic E-state index is 0.266. The monoisotopic (exact) mass is 213 g/mol. The highest BCUT2D eigenvalue weighted by Gasteiger charge is 2.28. The van der Waals surface area contributed by atoms with Gasteiger partial charge in [0.15, 0.2) is 0 Å². The molecule has 0 aromatic carbocycles. The third kappa shape index (κ3) is 3.82. The van der Waals surface area contributed by atoms with E-state index in [1.807, 2.05) is 0 Å². The normalized spacial score (nSPS) is 21.9. The zero-order valence-corrected chi connectivity index (χ0v) is 10.1. The highest BCUT2D eigenvalue weighted by molar-refractivity contribution is 5.73. The Morgan fingerprint density at radius 3 is 2.33 bits per heavy atom. The molecule has 1 N–H and O–H groups in total. The van der Waals surface area contributed by atoms with Crippen LogP contribution < -0.4 is 0 Å². The maximum Gasteiger partial charge on any atom is 0.320 e. The summed E-state index contributed by atoms with van der Waals surface area (Å²) in [7, 11) is 0. The number of carbonyl (C=O) groups is 1. The molecule has 0 aromatic rings. The van der Waals surface area contributed by atoms with E-state index in [9.17, 15) is 9.90 Å². The molecule has 1 saturated heterocycles. The third-order valence-corrected chi connectivity index (χ3v) is 3.24. The zero-order valence-electron chi connectivity index (χ0n) is 10.1. The molecule has 0 amide bonds. The Hall–Kier alpha value is -0.570. The van der Waals surface area contributed by atoms with Crippen LogP contribution in [0.1, 0.15) is 40.0 Å². The highest BCUT2D eigenvalue weighted by atomic mass is 16.4. The maximum atomic E-state index is 11.2. The van der Waals surface area contributed by atoms with Crippen LogP contribution in [0.4, 0.5) is 0 Å². The molecule has 1 aliphatic heterocycles. The molecule has 3 heteroatoms. The van der Waals surface area contributed by atoms with Crippen molar-refractivity contribution in [1.29, 1.82) is 0 Å². The van der Waals surface area contributed by atoms with Gasteiger partial charge in [0.2, 0.25) is 0 Å². The first-order valence-corrected chi connectivity index (χ1v) is 5.97. The summed E-state index contributed by atoms with van der Waals surface area (Å²) in [6.07, 6.45) is 3.05. The Morgan fingerprint density at radius 1 is 1.40 bits per heavy atom. The predicted molar refractivity (Wildman–Crippen MR) is 60.8 cm³/mol. The minimum Gasteiger partial charge on any atom is -0.480 e. The van der Waals surface area contributed by atoms with Gasteiger partial charge < -0.3 is 5.11 Å². The van der Waals surface area contributed by atoms with Gasteiger partial charge in [-0.2, -0.15) is 0 Å². The average molecular weight is 213 g/mol. The van der Waals surface area contributed by atoms with Crippen molar-refractivity contribution in [3.8, 4) is 0 Å². The van der Waals surface area contributed by atoms with Crippen molar-refractivity contribution in [3.63, 3.8) is 0 Å². The van der Waals surface area contributed by atoms with Gasteiger partial charge in [0.1, 0.15) is 6.04 Å². The number of hydrogen-bond donors (Lipinski definition) is 1. The van der Waals surface area contributed by atoms with E-state index in [1.54, 1.807) is 0 Å². The van der Waals surface area contributed by atoms with Crippen LogP contribution in [0.15, 0.2) is 0 Å². The molecular weight excluding hydrogens is 190 g/mol. The molecular formula is C12H23NO2. The Labute approximate surface area is 92.5 Å². The lowest BCUT2D eigenvalue weighted by atomic mass is 9.95. The summed E-state index contributed by atoms with van der Waals surface area (Å²) in [6, 6.07) is -0.266. The number of rotatable bonds is 4. The molecule has 15 heavy (non-hydrogen) atoms. The van der Waals surface area contributed by atoms with Gasteiger partial charge in [0.25, 0.3) is 0 Å². The number of aliphatic carboxylic acids is 1. The smallest absolute Gasteiger partial charge is 0.320 e. The van der Waals surface area contributed by atoms with E-state index in [4.69, 9.17) is 0 Å². The predicted octanol–water partition coefficient (Wildman–Crippen LogP) is 2.22. The summed E-state index contributed by atoms with van der Waals surface area (Å²) < 4.78 is 0. The molecule has 0 radical (unpaired) electrons. The molecule has 1 heterocycles. The van der Waals surface area contributed by atoms with Crippen LogP contribution >= 0.6 is 0 Å². The van der Waals surface area contributed by atoms with Crippen molar-refractivity contribution in [2.75, 3.05) is 13.1 Å². The van der Waals surface area contributed by atoms with Gasteiger partial charge in [-0.05, 0) is 44.2 Å². The fourth-order valence-electron chi connectivity index (χ4n) is 2.19. The van der Waals surface area contributed by atoms with Crippen molar-refractivity contribution in [3.05, 3.63) is 0 Å². The van der Waals surface area contributed by atoms with Crippen molar-refractivity contribution in [2.45, 2.75) is 46.1 Å². The van der Waals surface area contributed by atoms with Gasteiger partial charge in [0.05, 0.1) is 0 Å². The van der Waals surface area contributed by atoms with Crippen LogP contribution in [-0.4, -0.2) is 35.1 Å². The lowest BCUT2D eigenvalue weighted by molar-refractivity contribution is -0.144. The van der Waals surface area contributed by atoms with Crippen molar-refractivity contribution >= 4 is 5.97 Å².